The van der Waals surface area contributed by atoms with E-state index in [4.69, 9.17) is 9.47 Å². The van der Waals surface area contributed by atoms with Crippen LogP contribution in [0.15, 0.2) is 18.2 Å². The van der Waals surface area contributed by atoms with Gasteiger partial charge in [0.25, 0.3) is 0 Å². The predicted molar refractivity (Wildman–Crippen MR) is 75.2 cm³/mol. The van der Waals surface area contributed by atoms with E-state index < -0.39 is 18.6 Å². The fourth-order valence-electron chi connectivity index (χ4n) is 2.95. The van der Waals surface area contributed by atoms with Gasteiger partial charge >= 0.3 is 6.18 Å². The Kier molecular flexibility index (Phi) is 4.34. The minimum atomic E-state index is -4.39. The second kappa shape index (κ2) is 6.27. The van der Waals surface area contributed by atoms with Gasteiger partial charge < -0.3 is 14.8 Å². The van der Waals surface area contributed by atoms with Gasteiger partial charge in [0, 0.05) is 6.04 Å². The smallest absolute Gasteiger partial charge is 0.405 e. The minimum absolute atomic E-state index is 0.00105. The molecule has 1 aromatic rings. The van der Waals surface area contributed by atoms with Crippen LogP contribution in [0.2, 0.25) is 0 Å². The molecule has 1 aromatic carbocycles. The first-order valence-electron chi connectivity index (χ1n) is 7.39. The number of amides is 1. The number of benzene rings is 1. The van der Waals surface area contributed by atoms with Gasteiger partial charge in [-0.3, -0.25) is 9.69 Å². The minimum Gasteiger partial charge on any atom is -0.454 e. The van der Waals surface area contributed by atoms with Crippen LogP contribution in [0.4, 0.5) is 13.2 Å². The number of nitrogens with one attached hydrogen (secondary N) is 1. The molecule has 0 radical (unpaired) electrons. The second-order valence-electron chi connectivity index (χ2n) is 5.63. The van der Waals surface area contributed by atoms with Gasteiger partial charge in [0.15, 0.2) is 11.5 Å². The molecule has 5 nitrogen and oxygen atoms in total. The summed E-state index contributed by atoms with van der Waals surface area (Å²) >= 11 is 0. The molecule has 2 aliphatic rings. The van der Waals surface area contributed by atoms with Crippen molar-refractivity contribution in [3.8, 4) is 11.5 Å². The maximum absolute atomic E-state index is 12.1. The number of ether oxygens (including phenoxy) is 2. The average molecular weight is 330 g/mol. The van der Waals surface area contributed by atoms with E-state index in [0.717, 1.165) is 18.4 Å². The summed E-state index contributed by atoms with van der Waals surface area (Å²) in [6.45, 7) is -0.477. The molecule has 3 rings (SSSR count). The largest absolute Gasteiger partial charge is 0.454 e. The van der Waals surface area contributed by atoms with Crippen molar-refractivity contribution in [3.05, 3.63) is 23.8 Å². The van der Waals surface area contributed by atoms with Crippen molar-refractivity contribution in [2.45, 2.75) is 25.1 Å². The maximum Gasteiger partial charge on any atom is 0.405 e. The lowest BCUT2D eigenvalue weighted by atomic mass is 10.0. The molecule has 2 heterocycles. The predicted octanol–water partition coefficient (Wildman–Crippen LogP) is 2.23. The number of alkyl halides is 3. The molecular weight excluding hydrogens is 313 g/mol. The Morgan fingerprint density at radius 1 is 1.30 bits per heavy atom. The molecule has 0 spiro atoms. The number of hydrogen-bond acceptors (Lipinski definition) is 4. The van der Waals surface area contributed by atoms with E-state index in [0.29, 0.717) is 18.0 Å². The van der Waals surface area contributed by atoms with Crippen molar-refractivity contribution in [3.63, 3.8) is 0 Å². The van der Waals surface area contributed by atoms with E-state index in [-0.39, 0.29) is 19.4 Å². The van der Waals surface area contributed by atoms with Crippen LogP contribution in [-0.4, -0.2) is 43.4 Å². The Bertz CT molecular complexity index is 592. The highest BCUT2D eigenvalue weighted by molar-refractivity contribution is 5.78. The van der Waals surface area contributed by atoms with E-state index in [2.05, 4.69) is 0 Å². The first-order chi connectivity index (χ1) is 10.9. The summed E-state index contributed by atoms with van der Waals surface area (Å²) in [5, 5.41) is 1.91. The number of halogens is 3. The molecular formula is C15H17F3N2O3. The first-order valence-corrected chi connectivity index (χ1v) is 7.39. The highest BCUT2D eigenvalue weighted by atomic mass is 19.4. The molecule has 1 atom stereocenters. The quantitative estimate of drug-likeness (QED) is 0.920. The van der Waals surface area contributed by atoms with E-state index in [1.54, 1.807) is 0 Å². The summed E-state index contributed by atoms with van der Waals surface area (Å²) in [4.78, 5) is 13.6. The summed E-state index contributed by atoms with van der Waals surface area (Å²) < 4.78 is 47.0. The average Bonchev–Trinajstić information content (AvgIpc) is 3.12. The summed E-state index contributed by atoms with van der Waals surface area (Å²) in [6, 6.07) is 5.60. The molecule has 0 aliphatic carbocycles. The second-order valence-corrected chi connectivity index (χ2v) is 5.63. The third-order valence-electron chi connectivity index (χ3n) is 3.98. The molecule has 1 unspecified atom stereocenters. The molecule has 23 heavy (non-hydrogen) atoms. The standard InChI is InChI=1S/C15H17F3N2O3/c16-15(17,18)8-19-14(21)7-20-5-1-2-11(20)10-3-4-12-13(6-10)23-9-22-12/h3-4,6,11H,1-2,5,7-9H2,(H,19,21). The number of hydrogen-bond donors (Lipinski definition) is 1. The molecule has 0 bridgehead atoms. The zero-order valence-corrected chi connectivity index (χ0v) is 12.4. The normalized spacial score (nSPS) is 20.7. The van der Waals surface area contributed by atoms with Gasteiger partial charge in [0.1, 0.15) is 6.54 Å². The Hall–Kier alpha value is -1.96. The van der Waals surface area contributed by atoms with Crippen molar-refractivity contribution in [1.82, 2.24) is 10.2 Å². The highest BCUT2D eigenvalue weighted by Crippen LogP contribution is 2.38. The molecule has 0 saturated carbocycles. The van der Waals surface area contributed by atoms with Gasteiger partial charge in [-0.15, -0.1) is 0 Å². The third kappa shape index (κ3) is 3.87. The lowest BCUT2D eigenvalue weighted by Crippen LogP contribution is -2.40. The lowest BCUT2D eigenvalue weighted by Gasteiger charge is -2.24. The van der Waals surface area contributed by atoms with Crippen molar-refractivity contribution < 1.29 is 27.4 Å². The Labute approximate surface area is 131 Å². The van der Waals surface area contributed by atoms with Gasteiger partial charge in [-0.25, -0.2) is 0 Å². The Morgan fingerprint density at radius 3 is 2.87 bits per heavy atom. The monoisotopic (exact) mass is 330 g/mol. The molecule has 1 fully saturated rings. The number of carbonyl (C=O) groups is 1. The fourth-order valence-corrected chi connectivity index (χ4v) is 2.95. The molecule has 1 N–H and O–H groups in total. The topological polar surface area (TPSA) is 50.8 Å². The van der Waals surface area contributed by atoms with Crippen LogP contribution < -0.4 is 14.8 Å². The number of rotatable bonds is 4. The number of fused-ring (bicyclic) bond motifs is 1. The molecule has 8 heteroatoms. The number of nitrogens with zero attached hydrogens (tertiary/aromatic N) is 1. The van der Waals surface area contributed by atoms with Crippen LogP contribution in [0.25, 0.3) is 0 Å². The fraction of sp³-hybridized carbons (Fsp3) is 0.533. The van der Waals surface area contributed by atoms with Crippen LogP contribution in [-0.2, 0) is 4.79 Å². The van der Waals surface area contributed by atoms with Crippen LogP contribution in [0.1, 0.15) is 24.4 Å². The van der Waals surface area contributed by atoms with Crippen LogP contribution in [0, 0.1) is 0 Å². The SMILES string of the molecule is O=C(CN1CCCC1c1ccc2c(c1)OCO2)NCC(F)(F)F. The van der Waals surface area contributed by atoms with E-state index in [1.165, 1.54) is 0 Å². The zero-order valence-electron chi connectivity index (χ0n) is 12.4. The summed E-state index contributed by atoms with van der Waals surface area (Å²) in [7, 11) is 0. The Morgan fingerprint density at radius 2 is 2.09 bits per heavy atom. The van der Waals surface area contributed by atoms with Crippen LogP contribution in [0.5, 0.6) is 11.5 Å². The van der Waals surface area contributed by atoms with Gasteiger partial charge in [-0.2, -0.15) is 13.2 Å². The van der Waals surface area contributed by atoms with Crippen molar-refractivity contribution in [1.29, 1.82) is 0 Å². The molecule has 1 amide bonds. The summed E-state index contributed by atoms with van der Waals surface area (Å²) in [5.41, 5.74) is 0.982. The third-order valence-corrected chi connectivity index (χ3v) is 3.98. The van der Waals surface area contributed by atoms with Gasteiger partial charge in [-0.05, 0) is 37.1 Å². The van der Waals surface area contributed by atoms with E-state index in [1.807, 2.05) is 28.4 Å². The molecule has 2 aliphatic heterocycles. The number of carbonyl (C=O) groups excluding carboxylic acids is 1. The van der Waals surface area contributed by atoms with Crippen molar-refractivity contribution in [2.24, 2.45) is 0 Å². The molecule has 126 valence electrons. The first kappa shape index (κ1) is 15.9. The highest BCUT2D eigenvalue weighted by Gasteiger charge is 2.31. The van der Waals surface area contributed by atoms with Crippen LogP contribution in [0.3, 0.4) is 0 Å². The van der Waals surface area contributed by atoms with Gasteiger partial charge in [-0.1, -0.05) is 6.07 Å². The van der Waals surface area contributed by atoms with E-state index in [9.17, 15) is 18.0 Å². The van der Waals surface area contributed by atoms with Crippen molar-refractivity contribution in [2.75, 3.05) is 26.4 Å². The summed E-state index contributed by atoms with van der Waals surface area (Å²) in [5.74, 6) is 0.729. The molecule has 0 aromatic heterocycles. The molecule has 1 saturated heterocycles. The zero-order chi connectivity index (χ0) is 16.4. The number of likely N-dealkylation sites (tertiary alicyclic amines) is 1. The van der Waals surface area contributed by atoms with E-state index >= 15 is 0 Å². The summed E-state index contributed by atoms with van der Waals surface area (Å²) in [6.07, 6.45) is -2.64. The van der Waals surface area contributed by atoms with Crippen LogP contribution >= 0.6 is 0 Å². The van der Waals surface area contributed by atoms with Crippen molar-refractivity contribution >= 4 is 5.91 Å². The van der Waals surface area contributed by atoms with Gasteiger partial charge in [0.2, 0.25) is 12.7 Å². The maximum atomic E-state index is 12.1. The lowest BCUT2D eigenvalue weighted by molar-refractivity contribution is -0.139. The van der Waals surface area contributed by atoms with Gasteiger partial charge in [0.05, 0.1) is 6.54 Å². The Balaban J connectivity index is 1.63.